The van der Waals surface area contributed by atoms with Gasteiger partial charge in [0.25, 0.3) is 0 Å². The molecule has 0 bridgehead atoms. The summed E-state index contributed by atoms with van der Waals surface area (Å²) in [4.78, 5) is 24.4. The topological polar surface area (TPSA) is 57.6 Å². The molecule has 1 fully saturated rings. The Morgan fingerprint density at radius 3 is 1.90 bits per heavy atom. The van der Waals surface area contributed by atoms with Gasteiger partial charge in [-0.1, -0.05) is 0 Å². The van der Waals surface area contributed by atoms with Gasteiger partial charge in [-0.25, -0.2) is 4.79 Å². The minimum atomic E-state index is -4.21. The SMILES string of the molecule is CN(C(=O)C1CCC(C(F)(F)F)CC1)C(C)(C)C(=O)O. The Bertz CT molecular complexity index is 385. The van der Waals surface area contributed by atoms with Crippen LogP contribution in [-0.4, -0.2) is 40.6 Å². The lowest BCUT2D eigenvalue weighted by molar-refractivity contribution is -0.185. The number of carbonyl (C=O) groups is 2. The number of carboxylic acid groups (broad SMARTS) is 1. The molecule has 1 aliphatic rings. The number of halogens is 3. The van der Waals surface area contributed by atoms with Crippen molar-refractivity contribution in [1.82, 2.24) is 4.90 Å². The molecule has 1 rings (SSSR count). The third kappa shape index (κ3) is 3.43. The van der Waals surface area contributed by atoms with Crippen molar-refractivity contribution >= 4 is 11.9 Å². The zero-order valence-electron chi connectivity index (χ0n) is 11.8. The van der Waals surface area contributed by atoms with Gasteiger partial charge in [-0.2, -0.15) is 13.2 Å². The van der Waals surface area contributed by atoms with Gasteiger partial charge in [0, 0.05) is 13.0 Å². The fourth-order valence-electron chi connectivity index (χ4n) is 2.36. The number of hydrogen-bond donors (Lipinski definition) is 1. The minimum absolute atomic E-state index is 0.0682. The molecule has 1 N–H and O–H groups in total. The largest absolute Gasteiger partial charge is 0.480 e. The minimum Gasteiger partial charge on any atom is -0.480 e. The van der Waals surface area contributed by atoms with E-state index in [0.29, 0.717) is 0 Å². The van der Waals surface area contributed by atoms with Crippen LogP contribution in [0.5, 0.6) is 0 Å². The number of rotatable bonds is 3. The second kappa shape index (κ2) is 5.61. The Labute approximate surface area is 115 Å². The highest BCUT2D eigenvalue weighted by molar-refractivity contribution is 5.87. The maximum Gasteiger partial charge on any atom is 0.391 e. The maximum atomic E-state index is 12.6. The molecule has 0 aliphatic heterocycles. The van der Waals surface area contributed by atoms with Gasteiger partial charge in [-0.05, 0) is 39.5 Å². The maximum absolute atomic E-state index is 12.6. The molecule has 1 amide bonds. The molecule has 0 atom stereocenters. The van der Waals surface area contributed by atoms with E-state index in [2.05, 4.69) is 0 Å². The number of carbonyl (C=O) groups excluding carboxylic acids is 1. The molecule has 7 heteroatoms. The van der Waals surface area contributed by atoms with E-state index in [9.17, 15) is 22.8 Å². The first kappa shape index (κ1) is 16.8. The van der Waals surface area contributed by atoms with E-state index in [1.807, 2.05) is 0 Å². The average Bonchev–Trinajstić information content (AvgIpc) is 2.35. The van der Waals surface area contributed by atoms with Gasteiger partial charge in [0.2, 0.25) is 5.91 Å². The smallest absolute Gasteiger partial charge is 0.391 e. The van der Waals surface area contributed by atoms with Crippen LogP contribution in [0.1, 0.15) is 39.5 Å². The Kier molecular flexibility index (Phi) is 4.71. The van der Waals surface area contributed by atoms with Crippen LogP contribution in [0.25, 0.3) is 0 Å². The molecule has 1 saturated carbocycles. The predicted octanol–water partition coefficient (Wildman–Crippen LogP) is 2.68. The van der Waals surface area contributed by atoms with Gasteiger partial charge < -0.3 is 10.0 Å². The van der Waals surface area contributed by atoms with Crippen molar-refractivity contribution in [2.24, 2.45) is 11.8 Å². The summed E-state index contributed by atoms with van der Waals surface area (Å²) in [5.74, 6) is -3.39. The molecule has 0 aromatic heterocycles. The van der Waals surface area contributed by atoms with E-state index in [1.54, 1.807) is 0 Å². The molecule has 0 heterocycles. The summed E-state index contributed by atoms with van der Waals surface area (Å²) < 4.78 is 37.7. The van der Waals surface area contributed by atoms with Crippen molar-refractivity contribution in [3.05, 3.63) is 0 Å². The second-order valence-electron chi connectivity index (χ2n) is 5.85. The Balaban J connectivity index is 2.66. The Hall–Kier alpha value is -1.27. The first-order chi connectivity index (χ1) is 8.98. The van der Waals surface area contributed by atoms with Crippen LogP contribution in [0.2, 0.25) is 0 Å². The summed E-state index contributed by atoms with van der Waals surface area (Å²) in [5, 5.41) is 9.07. The molecule has 0 unspecified atom stereocenters. The molecule has 0 saturated heterocycles. The molecule has 1 aliphatic carbocycles. The highest BCUT2D eigenvalue weighted by Gasteiger charge is 2.44. The summed E-state index contributed by atoms with van der Waals surface area (Å²) in [6.07, 6.45) is -4.03. The van der Waals surface area contributed by atoms with Gasteiger partial charge in [-0.15, -0.1) is 0 Å². The lowest BCUT2D eigenvalue weighted by Crippen LogP contribution is -2.53. The van der Waals surface area contributed by atoms with E-state index >= 15 is 0 Å². The van der Waals surface area contributed by atoms with Crippen LogP contribution in [0, 0.1) is 11.8 Å². The lowest BCUT2D eigenvalue weighted by Gasteiger charge is -2.36. The highest BCUT2D eigenvalue weighted by Crippen LogP contribution is 2.40. The van der Waals surface area contributed by atoms with Crippen LogP contribution in [0.15, 0.2) is 0 Å². The van der Waals surface area contributed by atoms with E-state index in [0.717, 1.165) is 4.90 Å². The molecule has 0 spiro atoms. The summed E-state index contributed by atoms with van der Waals surface area (Å²) in [5.41, 5.74) is -1.36. The molecule has 116 valence electrons. The molecule has 0 radical (unpaired) electrons. The van der Waals surface area contributed by atoms with Crippen LogP contribution >= 0.6 is 0 Å². The van der Waals surface area contributed by atoms with Crippen LogP contribution in [0.4, 0.5) is 13.2 Å². The van der Waals surface area contributed by atoms with E-state index in [4.69, 9.17) is 5.11 Å². The Morgan fingerprint density at radius 2 is 1.55 bits per heavy atom. The van der Waals surface area contributed by atoms with Crippen molar-refractivity contribution in [1.29, 1.82) is 0 Å². The Morgan fingerprint density at radius 1 is 1.10 bits per heavy atom. The van der Waals surface area contributed by atoms with E-state index in [1.165, 1.54) is 20.9 Å². The van der Waals surface area contributed by atoms with Gasteiger partial charge in [0.15, 0.2) is 0 Å². The number of hydrogen-bond acceptors (Lipinski definition) is 2. The average molecular weight is 295 g/mol. The van der Waals surface area contributed by atoms with Crippen molar-refractivity contribution in [3.8, 4) is 0 Å². The van der Waals surface area contributed by atoms with Gasteiger partial charge >= 0.3 is 12.1 Å². The van der Waals surface area contributed by atoms with Crippen LogP contribution in [0.3, 0.4) is 0 Å². The third-order valence-corrected chi connectivity index (χ3v) is 4.23. The number of aliphatic carboxylic acids is 1. The normalized spacial score (nSPS) is 24.3. The first-order valence-corrected chi connectivity index (χ1v) is 6.55. The number of carboxylic acids is 1. The molecule has 0 aromatic rings. The number of amides is 1. The lowest BCUT2D eigenvalue weighted by atomic mass is 9.80. The fourth-order valence-corrected chi connectivity index (χ4v) is 2.36. The van der Waals surface area contributed by atoms with Crippen molar-refractivity contribution in [2.75, 3.05) is 7.05 Å². The first-order valence-electron chi connectivity index (χ1n) is 6.55. The quantitative estimate of drug-likeness (QED) is 0.871. The molecule has 0 aromatic carbocycles. The van der Waals surface area contributed by atoms with Gasteiger partial charge in [0.1, 0.15) is 5.54 Å². The summed E-state index contributed by atoms with van der Waals surface area (Å²) in [6.45, 7) is 2.79. The fraction of sp³-hybridized carbons (Fsp3) is 0.846. The summed E-state index contributed by atoms with van der Waals surface area (Å²) >= 11 is 0. The zero-order valence-corrected chi connectivity index (χ0v) is 11.8. The standard InChI is InChI=1S/C13H20F3NO3/c1-12(2,11(19)20)17(3)10(18)8-4-6-9(7-5-8)13(14,15)16/h8-9H,4-7H2,1-3H3,(H,19,20). The number of nitrogens with zero attached hydrogens (tertiary/aromatic N) is 1. The molecular weight excluding hydrogens is 275 g/mol. The monoisotopic (exact) mass is 295 g/mol. The van der Waals surface area contributed by atoms with Gasteiger partial charge in [-0.3, -0.25) is 4.79 Å². The van der Waals surface area contributed by atoms with Gasteiger partial charge in [0.05, 0.1) is 5.92 Å². The zero-order chi connectivity index (χ0) is 15.7. The second-order valence-corrected chi connectivity index (χ2v) is 5.85. The van der Waals surface area contributed by atoms with Crippen LogP contribution < -0.4 is 0 Å². The van der Waals surface area contributed by atoms with Crippen LogP contribution in [-0.2, 0) is 9.59 Å². The van der Waals surface area contributed by atoms with Crippen molar-refractivity contribution in [2.45, 2.75) is 51.2 Å². The third-order valence-electron chi connectivity index (χ3n) is 4.23. The van der Waals surface area contributed by atoms with E-state index < -0.39 is 35.4 Å². The van der Waals surface area contributed by atoms with Crippen molar-refractivity contribution < 1.29 is 27.9 Å². The molecular formula is C13H20F3NO3. The summed E-state index contributed by atoms with van der Waals surface area (Å²) in [7, 11) is 1.38. The van der Waals surface area contributed by atoms with E-state index in [-0.39, 0.29) is 25.7 Å². The number of alkyl halides is 3. The summed E-state index contributed by atoms with van der Waals surface area (Å²) in [6, 6.07) is 0. The van der Waals surface area contributed by atoms with Crippen molar-refractivity contribution in [3.63, 3.8) is 0 Å². The number of likely N-dealkylation sites (N-methyl/N-ethyl adjacent to an activating group) is 1. The predicted molar refractivity (Wildman–Crippen MR) is 66.0 cm³/mol. The molecule has 20 heavy (non-hydrogen) atoms. The highest BCUT2D eigenvalue weighted by atomic mass is 19.4. The molecule has 4 nitrogen and oxygen atoms in total.